The van der Waals surface area contributed by atoms with Crippen molar-refractivity contribution in [3.63, 3.8) is 0 Å². The minimum Gasteiger partial charge on any atom is -0.384 e. The Bertz CT molecular complexity index is 354. The number of nitrogens with two attached hydrogens (primary N) is 1. The molecule has 0 amide bonds. The third-order valence-corrected chi connectivity index (χ3v) is 2.76. The summed E-state index contributed by atoms with van der Waals surface area (Å²) in [6.07, 6.45) is 2.28. The fourth-order valence-corrected chi connectivity index (χ4v) is 2.01. The molecule has 1 aromatic heterocycles. The molecule has 19 heavy (non-hydrogen) atoms. The third kappa shape index (κ3) is 5.55. The van der Waals surface area contributed by atoms with E-state index in [0.29, 0.717) is 19.0 Å². The van der Waals surface area contributed by atoms with E-state index in [9.17, 15) is 0 Å². The minimum absolute atomic E-state index is 0.103. The zero-order valence-electron chi connectivity index (χ0n) is 12.1. The Kier molecular flexibility index (Phi) is 7.40. The van der Waals surface area contributed by atoms with Crippen LogP contribution in [0.4, 0.5) is 5.82 Å². The molecule has 1 aromatic rings. The maximum atomic E-state index is 5.71. The molecule has 1 heterocycles. The smallest absolute Gasteiger partial charge is 0.172 e. The summed E-state index contributed by atoms with van der Waals surface area (Å²) < 4.78 is 11.3. The second-order valence-electron chi connectivity index (χ2n) is 4.24. The van der Waals surface area contributed by atoms with Gasteiger partial charge in [-0.15, -0.1) is 0 Å². The molecule has 5 heteroatoms. The van der Waals surface area contributed by atoms with E-state index in [2.05, 4.69) is 17.2 Å². The lowest BCUT2D eigenvalue weighted by Crippen LogP contribution is -2.44. The molecule has 0 aliphatic carbocycles. The minimum atomic E-state index is -0.246. The summed E-state index contributed by atoms with van der Waals surface area (Å²) in [5.74, 6) is 0.539. The van der Waals surface area contributed by atoms with Crippen molar-refractivity contribution in [2.45, 2.75) is 39.5 Å². The first-order chi connectivity index (χ1) is 9.21. The Morgan fingerprint density at radius 2 is 1.95 bits per heavy atom. The average Bonchev–Trinajstić information content (AvgIpc) is 2.38. The third-order valence-electron chi connectivity index (χ3n) is 2.76. The topological polar surface area (TPSA) is 69.4 Å². The Morgan fingerprint density at radius 1 is 1.26 bits per heavy atom. The second-order valence-corrected chi connectivity index (χ2v) is 4.24. The summed E-state index contributed by atoms with van der Waals surface area (Å²) in [7, 11) is 0. The Labute approximate surface area is 115 Å². The fraction of sp³-hybridized carbons (Fsp3) is 0.643. The van der Waals surface area contributed by atoms with Crippen LogP contribution in [0.1, 0.15) is 26.3 Å². The van der Waals surface area contributed by atoms with Gasteiger partial charge in [0.2, 0.25) is 0 Å². The Balaban J connectivity index is 2.74. The van der Waals surface area contributed by atoms with Crippen molar-refractivity contribution >= 4 is 5.82 Å². The zero-order valence-corrected chi connectivity index (χ0v) is 12.1. The van der Waals surface area contributed by atoms with Crippen LogP contribution in [0.5, 0.6) is 0 Å². The van der Waals surface area contributed by atoms with E-state index in [1.165, 1.54) is 0 Å². The lowest BCUT2D eigenvalue weighted by atomic mass is 10.1. The van der Waals surface area contributed by atoms with Crippen LogP contribution < -0.4 is 11.1 Å². The lowest BCUT2D eigenvalue weighted by molar-refractivity contribution is -0.153. The maximum absolute atomic E-state index is 5.71. The summed E-state index contributed by atoms with van der Waals surface area (Å²) >= 11 is 0. The van der Waals surface area contributed by atoms with E-state index in [-0.39, 0.29) is 12.3 Å². The molecule has 0 bridgehead atoms. The highest BCUT2D eigenvalue weighted by molar-refractivity contribution is 5.32. The molecule has 108 valence electrons. The van der Waals surface area contributed by atoms with Gasteiger partial charge in [-0.05, 0) is 44.5 Å². The molecule has 0 aliphatic heterocycles. The Hall–Kier alpha value is -1.17. The molecule has 0 saturated heterocycles. The molecule has 0 aromatic carbocycles. The van der Waals surface area contributed by atoms with Crippen molar-refractivity contribution in [3.8, 4) is 0 Å². The molecular weight excluding hydrogens is 242 g/mol. The predicted octanol–water partition coefficient (Wildman–Crippen LogP) is 1.58. The number of hydrogen-bond donors (Lipinski definition) is 2. The molecule has 5 nitrogen and oxygen atoms in total. The van der Waals surface area contributed by atoms with Crippen LogP contribution in [-0.4, -0.2) is 37.1 Å². The Morgan fingerprint density at radius 3 is 2.47 bits per heavy atom. The number of likely N-dealkylation sites (N-methyl/N-ethyl adjacent to an activating group) is 1. The molecule has 0 aliphatic rings. The van der Waals surface area contributed by atoms with Gasteiger partial charge in [0.05, 0.1) is 6.04 Å². The number of nitrogens with one attached hydrogen (secondary N) is 1. The van der Waals surface area contributed by atoms with Crippen LogP contribution in [-0.2, 0) is 15.9 Å². The lowest BCUT2D eigenvalue weighted by Gasteiger charge is -2.27. The number of hydrogen-bond acceptors (Lipinski definition) is 5. The van der Waals surface area contributed by atoms with Crippen LogP contribution in [0.3, 0.4) is 0 Å². The van der Waals surface area contributed by atoms with Crippen LogP contribution in [0, 0.1) is 0 Å². The van der Waals surface area contributed by atoms with Crippen molar-refractivity contribution in [2.24, 2.45) is 0 Å². The summed E-state index contributed by atoms with van der Waals surface area (Å²) in [4.78, 5) is 4.01. The van der Waals surface area contributed by atoms with Gasteiger partial charge in [0, 0.05) is 19.4 Å². The summed E-state index contributed by atoms with van der Waals surface area (Å²) in [6, 6.07) is 3.96. The van der Waals surface area contributed by atoms with Crippen LogP contribution in [0.15, 0.2) is 18.3 Å². The van der Waals surface area contributed by atoms with Crippen molar-refractivity contribution < 1.29 is 9.47 Å². The molecular formula is C14H25N3O2. The van der Waals surface area contributed by atoms with E-state index in [4.69, 9.17) is 15.2 Å². The van der Waals surface area contributed by atoms with Crippen molar-refractivity contribution in [1.82, 2.24) is 10.3 Å². The highest BCUT2D eigenvalue weighted by atomic mass is 16.7. The van der Waals surface area contributed by atoms with E-state index >= 15 is 0 Å². The summed E-state index contributed by atoms with van der Waals surface area (Å²) in [6.45, 7) is 8.14. The molecule has 0 spiro atoms. The summed E-state index contributed by atoms with van der Waals surface area (Å²) in [5, 5.41) is 3.41. The number of anilines is 1. The standard InChI is InChI=1S/C14H25N3O2/c1-4-16-12(14(18-5-2)19-6-3)9-11-7-8-17-13(15)10-11/h7-8,10,12,14,16H,4-6,9H2,1-3H3,(H2,15,17). The molecule has 0 fully saturated rings. The highest BCUT2D eigenvalue weighted by Gasteiger charge is 2.21. The van der Waals surface area contributed by atoms with Gasteiger partial charge in [-0.2, -0.15) is 0 Å². The van der Waals surface area contributed by atoms with E-state index in [0.717, 1.165) is 18.5 Å². The van der Waals surface area contributed by atoms with Gasteiger partial charge in [0.25, 0.3) is 0 Å². The maximum Gasteiger partial charge on any atom is 0.172 e. The van der Waals surface area contributed by atoms with Gasteiger partial charge in [-0.25, -0.2) is 4.98 Å². The van der Waals surface area contributed by atoms with E-state index < -0.39 is 0 Å². The first-order valence-electron chi connectivity index (χ1n) is 6.88. The van der Waals surface area contributed by atoms with Gasteiger partial charge in [0.15, 0.2) is 6.29 Å². The van der Waals surface area contributed by atoms with Crippen LogP contribution in [0.2, 0.25) is 0 Å². The van der Waals surface area contributed by atoms with Gasteiger partial charge >= 0.3 is 0 Å². The fourth-order valence-electron chi connectivity index (χ4n) is 2.01. The number of pyridine rings is 1. The number of aromatic nitrogens is 1. The number of rotatable bonds is 9. The molecule has 0 radical (unpaired) electrons. The predicted molar refractivity (Wildman–Crippen MR) is 76.9 cm³/mol. The highest BCUT2D eigenvalue weighted by Crippen LogP contribution is 2.11. The van der Waals surface area contributed by atoms with E-state index in [1.54, 1.807) is 6.20 Å². The first-order valence-corrected chi connectivity index (χ1v) is 6.88. The van der Waals surface area contributed by atoms with Crippen LogP contribution >= 0.6 is 0 Å². The SMILES string of the molecule is CCNC(Cc1ccnc(N)c1)C(OCC)OCC. The van der Waals surface area contributed by atoms with Crippen LogP contribution in [0.25, 0.3) is 0 Å². The monoisotopic (exact) mass is 267 g/mol. The number of ether oxygens (including phenoxy) is 2. The quantitative estimate of drug-likeness (QED) is 0.665. The van der Waals surface area contributed by atoms with Crippen molar-refractivity contribution in [3.05, 3.63) is 23.9 Å². The van der Waals surface area contributed by atoms with Gasteiger partial charge in [-0.3, -0.25) is 0 Å². The van der Waals surface area contributed by atoms with Gasteiger partial charge in [0.1, 0.15) is 5.82 Å². The zero-order chi connectivity index (χ0) is 14.1. The molecule has 0 saturated carbocycles. The second kappa shape index (κ2) is 8.85. The van der Waals surface area contributed by atoms with Crippen molar-refractivity contribution in [1.29, 1.82) is 0 Å². The molecule has 3 N–H and O–H groups in total. The van der Waals surface area contributed by atoms with E-state index in [1.807, 2.05) is 26.0 Å². The molecule has 1 atom stereocenters. The molecule has 1 unspecified atom stereocenters. The summed E-state index contributed by atoms with van der Waals surface area (Å²) in [5.41, 5.74) is 6.84. The largest absolute Gasteiger partial charge is 0.384 e. The normalized spacial score (nSPS) is 12.8. The molecule has 1 rings (SSSR count). The number of nitrogens with zero attached hydrogens (tertiary/aromatic N) is 1. The average molecular weight is 267 g/mol. The van der Waals surface area contributed by atoms with Gasteiger partial charge in [-0.1, -0.05) is 6.92 Å². The van der Waals surface area contributed by atoms with Gasteiger partial charge < -0.3 is 20.5 Å². The first kappa shape index (κ1) is 15.9. The number of nitrogen functional groups attached to an aromatic ring is 1. The van der Waals surface area contributed by atoms with Crippen molar-refractivity contribution in [2.75, 3.05) is 25.5 Å².